The number of rotatable bonds is 2. The van der Waals surface area contributed by atoms with Gasteiger partial charge in [0.25, 0.3) is 0 Å². The van der Waals surface area contributed by atoms with Gasteiger partial charge in [0.2, 0.25) is 0 Å². The molecule has 2 heterocycles. The van der Waals surface area contributed by atoms with Crippen molar-refractivity contribution in [3.63, 3.8) is 0 Å². The second-order valence-corrected chi connectivity index (χ2v) is 5.15. The summed E-state index contributed by atoms with van der Waals surface area (Å²) in [6.07, 6.45) is 5.01. The molecule has 1 aromatic heterocycles. The van der Waals surface area contributed by atoms with Gasteiger partial charge in [-0.05, 0) is 36.7 Å². The van der Waals surface area contributed by atoms with Crippen molar-refractivity contribution in [2.75, 3.05) is 36.8 Å². The minimum absolute atomic E-state index is 0.784. The topological polar surface area (TPSA) is 54.2 Å². The molecule has 0 bridgehead atoms. The van der Waals surface area contributed by atoms with Crippen molar-refractivity contribution in [3.8, 4) is 11.1 Å². The zero-order chi connectivity index (χ0) is 13.8. The summed E-state index contributed by atoms with van der Waals surface area (Å²) in [5, 5.41) is 3.42. The van der Waals surface area contributed by atoms with Crippen LogP contribution in [0.4, 0.5) is 11.4 Å². The van der Waals surface area contributed by atoms with Crippen LogP contribution in [0.1, 0.15) is 6.42 Å². The van der Waals surface area contributed by atoms with Crippen LogP contribution in [-0.4, -0.2) is 31.2 Å². The quantitative estimate of drug-likeness (QED) is 0.819. The van der Waals surface area contributed by atoms with E-state index >= 15 is 0 Å². The Bertz CT molecular complexity index is 574. The lowest BCUT2D eigenvalue weighted by atomic mass is 10.1. The molecule has 0 amide bonds. The molecule has 0 spiro atoms. The molecule has 2 aromatic rings. The van der Waals surface area contributed by atoms with Gasteiger partial charge in [-0.1, -0.05) is 12.1 Å². The van der Waals surface area contributed by atoms with E-state index in [0.29, 0.717) is 0 Å². The van der Waals surface area contributed by atoms with Crippen LogP contribution < -0.4 is 16.0 Å². The van der Waals surface area contributed by atoms with Crippen LogP contribution in [0.2, 0.25) is 0 Å². The minimum atomic E-state index is 0.784. The third kappa shape index (κ3) is 2.91. The maximum absolute atomic E-state index is 5.86. The van der Waals surface area contributed by atoms with E-state index in [1.54, 1.807) is 0 Å². The number of hydrogen-bond acceptors (Lipinski definition) is 4. The molecular formula is C16H20N4. The monoisotopic (exact) mass is 268 g/mol. The smallest absolute Gasteiger partial charge is 0.0559 e. The van der Waals surface area contributed by atoms with Crippen LogP contribution in [-0.2, 0) is 0 Å². The van der Waals surface area contributed by atoms with Crippen molar-refractivity contribution < 1.29 is 0 Å². The first-order valence-electron chi connectivity index (χ1n) is 7.09. The Hall–Kier alpha value is -2.07. The maximum atomic E-state index is 5.86. The molecule has 1 aromatic carbocycles. The molecule has 1 saturated heterocycles. The highest BCUT2D eigenvalue weighted by atomic mass is 15.2. The Labute approximate surface area is 119 Å². The number of nitrogens with one attached hydrogen (secondary N) is 1. The second-order valence-electron chi connectivity index (χ2n) is 5.15. The van der Waals surface area contributed by atoms with Gasteiger partial charge in [0.05, 0.1) is 11.9 Å². The third-order valence-corrected chi connectivity index (χ3v) is 3.65. The maximum Gasteiger partial charge on any atom is 0.0559 e. The van der Waals surface area contributed by atoms with Gasteiger partial charge in [0.15, 0.2) is 0 Å². The highest BCUT2D eigenvalue weighted by Gasteiger charge is 2.10. The molecule has 0 radical (unpaired) electrons. The van der Waals surface area contributed by atoms with Crippen molar-refractivity contribution in [1.29, 1.82) is 0 Å². The molecule has 3 rings (SSSR count). The second kappa shape index (κ2) is 5.92. The highest BCUT2D eigenvalue weighted by molar-refractivity contribution is 5.69. The molecule has 0 atom stereocenters. The molecule has 3 N–H and O–H groups in total. The van der Waals surface area contributed by atoms with Crippen LogP contribution in [0.15, 0.2) is 42.7 Å². The first kappa shape index (κ1) is 12.9. The Morgan fingerprint density at radius 2 is 2.00 bits per heavy atom. The van der Waals surface area contributed by atoms with Crippen molar-refractivity contribution in [2.24, 2.45) is 0 Å². The fraction of sp³-hybridized carbons (Fsp3) is 0.312. The molecule has 0 unspecified atom stereocenters. The first-order valence-corrected chi connectivity index (χ1v) is 7.09. The molecular weight excluding hydrogens is 248 g/mol. The van der Waals surface area contributed by atoms with E-state index in [1.807, 2.05) is 30.6 Å². The lowest BCUT2D eigenvalue weighted by Gasteiger charge is -2.22. The average molecular weight is 268 g/mol. The molecule has 1 aliphatic heterocycles. The van der Waals surface area contributed by atoms with E-state index in [2.05, 4.69) is 27.3 Å². The molecule has 4 nitrogen and oxygen atoms in total. The largest absolute Gasteiger partial charge is 0.399 e. The number of nitrogen functional groups attached to an aromatic ring is 1. The summed E-state index contributed by atoms with van der Waals surface area (Å²) < 4.78 is 0. The van der Waals surface area contributed by atoms with E-state index in [4.69, 9.17) is 5.73 Å². The summed E-state index contributed by atoms with van der Waals surface area (Å²) in [6.45, 7) is 4.23. The molecule has 0 aliphatic carbocycles. The number of nitrogens with two attached hydrogens (primary N) is 1. The summed E-state index contributed by atoms with van der Waals surface area (Å²) >= 11 is 0. The Balaban J connectivity index is 1.89. The van der Waals surface area contributed by atoms with Crippen molar-refractivity contribution in [1.82, 2.24) is 10.3 Å². The molecule has 0 saturated carbocycles. The lowest BCUT2D eigenvalue weighted by Crippen LogP contribution is -2.27. The van der Waals surface area contributed by atoms with Gasteiger partial charge in [0.1, 0.15) is 0 Å². The van der Waals surface area contributed by atoms with Crippen LogP contribution in [0.5, 0.6) is 0 Å². The normalized spacial score (nSPS) is 15.9. The van der Waals surface area contributed by atoms with Crippen LogP contribution in [0.3, 0.4) is 0 Å². The van der Waals surface area contributed by atoms with Crippen LogP contribution in [0, 0.1) is 0 Å². The number of hydrogen-bond donors (Lipinski definition) is 2. The Morgan fingerprint density at radius 3 is 2.90 bits per heavy atom. The number of anilines is 2. The number of nitrogens with zero attached hydrogens (tertiary/aromatic N) is 2. The zero-order valence-electron chi connectivity index (χ0n) is 11.5. The minimum Gasteiger partial charge on any atom is -0.399 e. The highest BCUT2D eigenvalue weighted by Crippen LogP contribution is 2.25. The first-order chi connectivity index (χ1) is 9.83. The van der Waals surface area contributed by atoms with E-state index in [0.717, 1.165) is 43.0 Å². The standard InChI is InChI=1S/C16H20N4/c17-15-4-1-3-13(9-15)14-10-16(12-19-11-14)20-7-2-5-18-6-8-20/h1,3-4,9-12,18H,2,5-8,17H2. The predicted molar refractivity (Wildman–Crippen MR) is 83.8 cm³/mol. The van der Waals surface area contributed by atoms with Gasteiger partial charge in [-0.2, -0.15) is 0 Å². The van der Waals surface area contributed by atoms with E-state index < -0.39 is 0 Å². The molecule has 104 valence electrons. The van der Waals surface area contributed by atoms with Gasteiger partial charge in [-0.3, -0.25) is 4.98 Å². The van der Waals surface area contributed by atoms with Crippen LogP contribution in [0.25, 0.3) is 11.1 Å². The van der Waals surface area contributed by atoms with Crippen molar-refractivity contribution in [2.45, 2.75) is 6.42 Å². The molecule has 1 aliphatic rings. The van der Waals surface area contributed by atoms with Gasteiger partial charge in [-0.15, -0.1) is 0 Å². The summed E-state index contributed by atoms with van der Waals surface area (Å²) in [5.41, 5.74) is 10.1. The van der Waals surface area contributed by atoms with Crippen molar-refractivity contribution >= 4 is 11.4 Å². The van der Waals surface area contributed by atoms with E-state index in [1.165, 1.54) is 12.1 Å². The summed E-state index contributed by atoms with van der Waals surface area (Å²) in [4.78, 5) is 6.79. The summed E-state index contributed by atoms with van der Waals surface area (Å²) in [5.74, 6) is 0. The van der Waals surface area contributed by atoms with Crippen molar-refractivity contribution in [3.05, 3.63) is 42.7 Å². The SMILES string of the molecule is Nc1cccc(-c2cncc(N3CCCNCC3)c2)c1. The zero-order valence-corrected chi connectivity index (χ0v) is 11.5. The molecule has 1 fully saturated rings. The van der Waals surface area contributed by atoms with E-state index in [-0.39, 0.29) is 0 Å². The fourth-order valence-electron chi connectivity index (χ4n) is 2.58. The number of aromatic nitrogens is 1. The number of benzene rings is 1. The third-order valence-electron chi connectivity index (χ3n) is 3.65. The molecule has 20 heavy (non-hydrogen) atoms. The van der Waals surface area contributed by atoms with Gasteiger partial charge in [-0.25, -0.2) is 0 Å². The lowest BCUT2D eigenvalue weighted by molar-refractivity contribution is 0.724. The van der Waals surface area contributed by atoms with Gasteiger partial charge < -0.3 is 16.0 Å². The van der Waals surface area contributed by atoms with Gasteiger partial charge in [0, 0.05) is 37.1 Å². The average Bonchev–Trinajstić information content (AvgIpc) is 2.76. The fourth-order valence-corrected chi connectivity index (χ4v) is 2.58. The Morgan fingerprint density at radius 1 is 1.05 bits per heavy atom. The Kier molecular flexibility index (Phi) is 3.83. The van der Waals surface area contributed by atoms with Gasteiger partial charge >= 0.3 is 0 Å². The predicted octanol–water partition coefficient (Wildman–Crippen LogP) is 2.13. The van der Waals surface area contributed by atoms with Crippen LogP contribution >= 0.6 is 0 Å². The summed E-state index contributed by atoms with van der Waals surface area (Å²) in [6, 6.07) is 10.1. The number of pyridine rings is 1. The summed E-state index contributed by atoms with van der Waals surface area (Å²) in [7, 11) is 0. The van der Waals surface area contributed by atoms with E-state index in [9.17, 15) is 0 Å². The molecule has 4 heteroatoms.